The third kappa shape index (κ3) is 1.12. The summed E-state index contributed by atoms with van der Waals surface area (Å²) in [5.41, 5.74) is 0.802. The van der Waals surface area contributed by atoms with Crippen molar-refractivity contribution in [1.29, 1.82) is 0 Å². The second-order valence-electron chi connectivity index (χ2n) is 2.46. The monoisotopic (exact) mass is 183 g/mol. The second-order valence-corrected chi connectivity index (χ2v) is 2.90. The maximum atomic E-state index is 10.3. The van der Waals surface area contributed by atoms with Crippen molar-refractivity contribution in [3.63, 3.8) is 0 Å². The molecule has 0 amide bonds. The first-order valence-electron chi connectivity index (χ1n) is 3.47. The molecule has 2 rings (SSSR count). The number of hydrogen-bond donors (Lipinski definition) is 1. The Morgan fingerprint density at radius 3 is 3.17 bits per heavy atom. The predicted octanol–water partition coefficient (Wildman–Crippen LogP) is 1.67. The van der Waals surface area contributed by atoms with Gasteiger partial charge in [0.15, 0.2) is 6.29 Å². The van der Waals surface area contributed by atoms with E-state index in [1.165, 1.54) is 0 Å². The number of aldehydes is 1. The minimum atomic E-state index is -0.571. The van der Waals surface area contributed by atoms with Crippen LogP contribution in [-0.2, 0) is 4.79 Å². The number of hydrogen-bond acceptors (Lipinski definition) is 3. The summed E-state index contributed by atoms with van der Waals surface area (Å²) < 4.78 is 5.17. The number of nitrogens with one attached hydrogen (secondary N) is 1. The predicted molar refractivity (Wildman–Crippen MR) is 45.6 cm³/mol. The molecule has 1 unspecified atom stereocenters. The first-order chi connectivity index (χ1) is 5.79. The van der Waals surface area contributed by atoms with Gasteiger partial charge in [-0.15, -0.1) is 0 Å². The smallest absolute Gasteiger partial charge is 0.226 e. The van der Waals surface area contributed by atoms with E-state index in [0.717, 1.165) is 5.69 Å². The molecule has 0 aliphatic carbocycles. The molecule has 62 valence electrons. The number of anilines is 1. The Balaban J connectivity index is 2.35. The third-order valence-corrected chi connectivity index (χ3v) is 1.85. The van der Waals surface area contributed by atoms with E-state index in [1.807, 2.05) is 0 Å². The van der Waals surface area contributed by atoms with Crippen LogP contribution in [0.4, 0.5) is 5.69 Å². The van der Waals surface area contributed by atoms with Gasteiger partial charge in [0.05, 0.1) is 5.69 Å². The van der Waals surface area contributed by atoms with Crippen LogP contribution in [0.1, 0.15) is 0 Å². The molecule has 0 radical (unpaired) electrons. The van der Waals surface area contributed by atoms with Gasteiger partial charge in [-0.1, -0.05) is 11.6 Å². The summed E-state index contributed by atoms with van der Waals surface area (Å²) >= 11 is 5.72. The van der Waals surface area contributed by atoms with Gasteiger partial charge in [0.2, 0.25) is 6.23 Å². The maximum Gasteiger partial charge on any atom is 0.226 e. The van der Waals surface area contributed by atoms with Crippen molar-refractivity contribution < 1.29 is 9.53 Å². The zero-order valence-electron chi connectivity index (χ0n) is 6.08. The molecule has 4 heteroatoms. The number of benzene rings is 1. The summed E-state index contributed by atoms with van der Waals surface area (Å²) in [7, 11) is 0. The standard InChI is InChI=1S/C8H6ClNO2/c9-5-1-2-6-7(3-5)12-8(4-11)10-6/h1-4,8,10H. The normalized spacial score (nSPS) is 19.2. The van der Waals surface area contributed by atoms with Crippen LogP contribution in [0.15, 0.2) is 18.2 Å². The highest BCUT2D eigenvalue weighted by atomic mass is 35.5. The van der Waals surface area contributed by atoms with E-state index < -0.39 is 6.23 Å². The van der Waals surface area contributed by atoms with Crippen molar-refractivity contribution in [2.24, 2.45) is 0 Å². The van der Waals surface area contributed by atoms with E-state index in [4.69, 9.17) is 16.3 Å². The summed E-state index contributed by atoms with van der Waals surface area (Å²) in [6.45, 7) is 0. The van der Waals surface area contributed by atoms with Crippen molar-refractivity contribution >= 4 is 23.6 Å². The SMILES string of the molecule is O=CC1Nc2ccc(Cl)cc2O1. The number of carbonyl (C=O) groups excluding carboxylic acids is 1. The molecule has 0 aromatic heterocycles. The quantitative estimate of drug-likeness (QED) is 0.674. The summed E-state index contributed by atoms with van der Waals surface area (Å²) in [5.74, 6) is 0.625. The average Bonchev–Trinajstić information content (AvgIpc) is 2.46. The summed E-state index contributed by atoms with van der Waals surface area (Å²) in [6.07, 6.45) is 0.131. The van der Waals surface area contributed by atoms with E-state index in [1.54, 1.807) is 18.2 Å². The van der Waals surface area contributed by atoms with Gasteiger partial charge in [-0.05, 0) is 12.1 Å². The lowest BCUT2D eigenvalue weighted by Crippen LogP contribution is -2.20. The molecule has 0 saturated carbocycles. The highest BCUT2D eigenvalue weighted by molar-refractivity contribution is 6.30. The lowest BCUT2D eigenvalue weighted by Gasteiger charge is -1.99. The zero-order chi connectivity index (χ0) is 8.55. The van der Waals surface area contributed by atoms with E-state index >= 15 is 0 Å². The average molecular weight is 184 g/mol. The van der Waals surface area contributed by atoms with Gasteiger partial charge in [-0.3, -0.25) is 4.79 Å². The Kier molecular flexibility index (Phi) is 1.66. The highest BCUT2D eigenvalue weighted by Gasteiger charge is 2.20. The van der Waals surface area contributed by atoms with Gasteiger partial charge in [-0.25, -0.2) is 0 Å². The summed E-state index contributed by atoms with van der Waals surface area (Å²) in [4.78, 5) is 10.3. The summed E-state index contributed by atoms with van der Waals surface area (Å²) in [6, 6.07) is 5.19. The first kappa shape index (κ1) is 7.43. The molecule has 1 aromatic carbocycles. The fourth-order valence-corrected chi connectivity index (χ4v) is 1.26. The van der Waals surface area contributed by atoms with Crippen LogP contribution in [0.25, 0.3) is 0 Å². The van der Waals surface area contributed by atoms with Crippen molar-refractivity contribution in [3.8, 4) is 5.75 Å². The molecule has 1 atom stereocenters. The minimum absolute atomic E-state index is 0.571. The highest BCUT2D eigenvalue weighted by Crippen LogP contribution is 2.33. The molecule has 12 heavy (non-hydrogen) atoms. The summed E-state index contributed by atoms with van der Waals surface area (Å²) in [5, 5.41) is 3.46. The zero-order valence-corrected chi connectivity index (χ0v) is 6.84. The first-order valence-corrected chi connectivity index (χ1v) is 3.85. The molecule has 3 nitrogen and oxygen atoms in total. The van der Waals surface area contributed by atoms with Crippen LogP contribution in [0, 0.1) is 0 Å². The fourth-order valence-electron chi connectivity index (χ4n) is 1.09. The van der Waals surface area contributed by atoms with Crippen LogP contribution in [-0.4, -0.2) is 12.5 Å². The molecule has 0 spiro atoms. The Hall–Kier alpha value is -1.22. The molecule has 1 aromatic rings. The third-order valence-electron chi connectivity index (χ3n) is 1.62. The van der Waals surface area contributed by atoms with Gasteiger partial charge in [0.25, 0.3) is 0 Å². The minimum Gasteiger partial charge on any atom is -0.461 e. The Bertz CT molecular complexity index is 327. The van der Waals surface area contributed by atoms with E-state index in [2.05, 4.69) is 5.32 Å². The number of carbonyl (C=O) groups is 1. The number of fused-ring (bicyclic) bond motifs is 1. The molecule has 1 aliphatic rings. The topological polar surface area (TPSA) is 38.3 Å². The molecular weight excluding hydrogens is 178 g/mol. The number of halogens is 1. The van der Waals surface area contributed by atoms with E-state index in [9.17, 15) is 4.79 Å². The Labute approximate surface area is 74.3 Å². The fraction of sp³-hybridized carbons (Fsp3) is 0.125. The van der Waals surface area contributed by atoms with Gasteiger partial charge in [0.1, 0.15) is 5.75 Å². The van der Waals surface area contributed by atoms with Crippen molar-refractivity contribution in [3.05, 3.63) is 23.2 Å². The number of ether oxygens (including phenoxy) is 1. The lowest BCUT2D eigenvalue weighted by atomic mass is 10.3. The lowest BCUT2D eigenvalue weighted by molar-refractivity contribution is -0.112. The molecule has 1 heterocycles. The molecule has 0 saturated heterocycles. The van der Waals surface area contributed by atoms with Gasteiger partial charge < -0.3 is 10.1 Å². The van der Waals surface area contributed by atoms with Crippen molar-refractivity contribution in [1.82, 2.24) is 0 Å². The van der Waals surface area contributed by atoms with Crippen LogP contribution in [0.5, 0.6) is 5.75 Å². The van der Waals surface area contributed by atoms with E-state index in [-0.39, 0.29) is 0 Å². The van der Waals surface area contributed by atoms with Gasteiger partial charge in [-0.2, -0.15) is 0 Å². The second kappa shape index (κ2) is 2.68. The molecule has 1 aliphatic heterocycles. The Morgan fingerprint density at radius 2 is 2.42 bits per heavy atom. The molecule has 0 fully saturated rings. The van der Waals surface area contributed by atoms with E-state index in [0.29, 0.717) is 17.1 Å². The van der Waals surface area contributed by atoms with Crippen LogP contribution in [0.2, 0.25) is 5.02 Å². The number of rotatable bonds is 1. The van der Waals surface area contributed by atoms with Crippen molar-refractivity contribution in [2.45, 2.75) is 6.23 Å². The molecule has 1 N–H and O–H groups in total. The largest absolute Gasteiger partial charge is 0.461 e. The van der Waals surface area contributed by atoms with Crippen LogP contribution >= 0.6 is 11.6 Å². The van der Waals surface area contributed by atoms with Gasteiger partial charge >= 0.3 is 0 Å². The van der Waals surface area contributed by atoms with Crippen LogP contribution < -0.4 is 10.1 Å². The van der Waals surface area contributed by atoms with Gasteiger partial charge in [0, 0.05) is 11.1 Å². The Morgan fingerprint density at radius 1 is 1.58 bits per heavy atom. The maximum absolute atomic E-state index is 10.3. The molecule has 0 bridgehead atoms. The van der Waals surface area contributed by atoms with Crippen molar-refractivity contribution in [2.75, 3.05) is 5.32 Å². The molecular formula is C8H6ClNO2. The van der Waals surface area contributed by atoms with Crippen LogP contribution in [0.3, 0.4) is 0 Å².